The normalized spacial score (nSPS) is 10.1. The first kappa shape index (κ1) is 19.7. The standard InChI is InChI=1S/C17H15Cl2N3O4/c1-10-2-4-11(5-3-10)17(25)21-8-15(24)26-9-14(23)22-16-13(19)6-12(18)7-20-16/h2-7H,8-9H2,1H3,(H,21,25)(H,20,22,23). The number of amides is 2. The van der Waals surface area contributed by atoms with Crippen molar-refractivity contribution in [3.05, 3.63) is 57.7 Å². The van der Waals surface area contributed by atoms with Crippen molar-refractivity contribution in [2.75, 3.05) is 18.5 Å². The number of hydrogen-bond acceptors (Lipinski definition) is 5. The average molecular weight is 396 g/mol. The van der Waals surface area contributed by atoms with Crippen molar-refractivity contribution in [2.24, 2.45) is 0 Å². The lowest BCUT2D eigenvalue weighted by Crippen LogP contribution is -2.32. The number of anilines is 1. The van der Waals surface area contributed by atoms with E-state index in [9.17, 15) is 14.4 Å². The van der Waals surface area contributed by atoms with Gasteiger partial charge < -0.3 is 15.4 Å². The van der Waals surface area contributed by atoms with Crippen LogP contribution < -0.4 is 10.6 Å². The Balaban J connectivity index is 1.74. The van der Waals surface area contributed by atoms with E-state index in [1.54, 1.807) is 24.3 Å². The first-order chi connectivity index (χ1) is 12.3. The number of aryl methyl sites for hydroxylation is 1. The van der Waals surface area contributed by atoms with Crippen LogP contribution in [-0.2, 0) is 14.3 Å². The Hall–Kier alpha value is -2.64. The van der Waals surface area contributed by atoms with Crippen LogP contribution in [-0.4, -0.2) is 35.9 Å². The van der Waals surface area contributed by atoms with Crippen LogP contribution >= 0.6 is 23.2 Å². The minimum atomic E-state index is -0.754. The molecule has 0 bridgehead atoms. The molecule has 26 heavy (non-hydrogen) atoms. The van der Waals surface area contributed by atoms with Crippen LogP contribution in [0.2, 0.25) is 10.0 Å². The molecule has 0 aliphatic rings. The molecule has 0 radical (unpaired) electrons. The third-order valence-corrected chi connectivity index (χ3v) is 3.63. The van der Waals surface area contributed by atoms with Crippen LogP contribution in [0.4, 0.5) is 5.82 Å². The number of hydrogen-bond donors (Lipinski definition) is 2. The van der Waals surface area contributed by atoms with E-state index in [1.807, 2.05) is 6.92 Å². The molecule has 0 atom stereocenters. The second-order valence-electron chi connectivity index (χ2n) is 5.24. The van der Waals surface area contributed by atoms with Crippen molar-refractivity contribution in [3.8, 4) is 0 Å². The fourth-order valence-electron chi connectivity index (χ4n) is 1.83. The first-order valence-corrected chi connectivity index (χ1v) is 8.22. The molecule has 2 rings (SSSR count). The lowest BCUT2D eigenvalue weighted by atomic mass is 10.1. The monoisotopic (exact) mass is 395 g/mol. The topological polar surface area (TPSA) is 97.4 Å². The number of pyridine rings is 1. The number of benzene rings is 1. The van der Waals surface area contributed by atoms with E-state index in [0.29, 0.717) is 10.6 Å². The summed E-state index contributed by atoms with van der Waals surface area (Å²) in [5.74, 6) is -1.69. The minimum absolute atomic E-state index is 0.102. The van der Waals surface area contributed by atoms with Crippen molar-refractivity contribution in [1.29, 1.82) is 0 Å². The Morgan fingerprint density at radius 1 is 1.15 bits per heavy atom. The van der Waals surface area contributed by atoms with Gasteiger partial charge >= 0.3 is 5.97 Å². The zero-order chi connectivity index (χ0) is 19.1. The number of esters is 1. The molecule has 0 unspecified atom stereocenters. The lowest BCUT2D eigenvalue weighted by molar-refractivity contribution is -0.146. The van der Waals surface area contributed by atoms with E-state index < -0.39 is 24.4 Å². The van der Waals surface area contributed by atoms with Gasteiger partial charge in [-0.25, -0.2) is 4.98 Å². The average Bonchev–Trinajstić information content (AvgIpc) is 2.61. The predicted molar refractivity (Wildman–Crippen MR) is 97.4 cm³/mol. The number of nitrogens with zero attached hydrogens (tertiary/aromatic N) is 1. The van der Waals surface area contributed by atoms with E-state index in [0.717, 1.165) is 5.56 Å². The molecule has 1 aromatic carbocycles. The molecule has 7 nitrogen and oxygen atoms in total. The van der Waals surface area contributed by atoms with E-state index in [4.69, 9.17) is 27.9 Å². The minimum Gasteiger partial charge on any atom is -0.454 e. The second kappa shape index (κ2) is 9.17. The van der Waals surface area contributed by atoms with Crippen molar-refractivity contribution in [2.45, 2.75) is 6.92 Å². The first-order valence-electron chi connectivity index (χ1n) is 7.46. The van der Waals surface area contributed by atoms with Gasteiger partial charge in [0.05, 0.1) is 10.0 Å². The van der Waals surface area contributed by atoms with Gasteiger partial charge in [0, 0.05) is 11.8 Å². The molecular weight excluding hydrogens is 381 g/mol. The Kier molecular flexibility index (Phi) is 6.94. The van der Waals surface area contributed by atoms with Gasteiger partial charge in [0.1, 0.15) is 6.54 Å². The second-order valence-corrected chi connectivity index (χ2v) is 6.09. The molecule has 0 saturated heterocycles. The Bertz CT molecular complexity index is 825. The van der Waals surface area contributed by atoms with Crippen molar-refractivity contribution < 1.29 is 19.1 Å². The maximum Gasteiger partial charge on any atom is 0.325 e. The molecule has 0 saturated carbocycles. The van der Waals surface area contributed by atoms with Gasteiger partial charge in [-0.15, -0.1) is 0 Å². The molecule has 136 valence electrons. The zero-order valence-electron chi connectivity index (χ0n) is 13.7. The summed E-state index contributed by atoms with van der Waals surface area (Å²) >= 11 is 11.6. The molecule has 2 N–H and O–H groups in total. The highest BCUT2D eigenvalue weighted by Gasteiger charge is 2.12. The highest BCUT2D eigenvalue weighted by molar-refractivity contribution is 6.36. The van der Waals surface area contributed by atoms with E-state index in [1.165, 1.54) is 12.3 Å². The number of carbonyl (C=O) groups excluding carboxylic acids is 3. The van der Waals surface area contributed by atoms with E-state index in [2.05, 4.69) is 15.6 Å². The number of halogens is 2. The molecule has 2 amide bonds. The van der Waals surface area contributed by atoms with Gasteiger partial charge in [0.2, 0.25) is 0 Å². The maximum atomic E-state index is 11.9. The third-order valence-electron chi connectivity index (χ3n) is 3.14. The molecule has 1 heterocycles. The summed E-state index contributed by atoms with van der Waals surface area (Å²) in [5, 5.41) is 5.28. The summed E-state index contributed by atoms with van der Waals surface area (Å²) in [5.41, 5.74) is 1.44. The van der Waals surface area contributed by atoms with Crippen LogP contribution in [0.3, 0.4) is 0 Å². The fourth-order valence-corrected chi connectivity index (χ4v) is 2.26. The number of nitrogens with one attached hydrogen (secondary N) is 2. The number of aromatic nitrogens is 1. The summed E-state index contributed by atoms with van der Waals surface area (Å²) in [6.07, 6.45) is 1.32. The smallest absolute Gasteiger partial charge is 0.325 e. The highest BCUT2D eigenvalue weighted by Crippen LogP contribution is 2.22. The summed E-state index contributed by atoms with van der Waals surface area (Å²) < 4.78 is 4.78. The summed E-state index contributed by atoms with van der Waals surface area (Å²) in [4.78, 5) is 39.1. The molecule has 0 aliphatic heterocycles. The molecule has 1 aromatic heterocycles. The van der Waals surface area contributed by atoms with Gasteiger partial charge in [-0.3, -0.25) is 14.4 Å². The predicted octanol–water partition coefficient (Wildman–Crippen LogP) is 2.61. The van der Waals surface area contributed by atoms with Crippen LogP contribution in [0.5, 0.6) is 0 Å². The SMILES string of the molecule is Cc1ccc(C(=O)NCC(=O)OCC(=O)Nc2ncc(Cl)cc2Cl)cc1. The Labute approximate surface area is 159 Å². The summed E-state index contributed by atoms with van der Waals surface area (Å²) in [6.45, 7) is 0.997. The largest absolute Gasteiger partial charge is 0.454 e. The molecule has 0 aliphatic carbocycles. The quantitative estimate of drug-likeness (QED) is 0.732. The van der Waals surface area contributed by atoms with Crippen molar-refractivity contribution >= 4 is 46.8 Å². The molecular formula is C17H15Cl2N3O4. The molecule has 9 heteroatoms. The Morgan fingerprint density at radius 2 is 1.85 bits per heavy atom. The van der Waals surface area contributed by atoms with Crippen molar-refractivity contribution in [3.63, 3.8) is 0 Å². The summed E-state index contributed by atoms with van der Waals surface area (Å²) in [6, 6.07) is 8.28. The fraction of sp³-hybridized carbons (Fsp3) is 0.176. The number of rotatable bonds is 6. The van der Waals surface area contributed by atoms with Crippen LogP contribution in [0, 0.1) is 6.92 Å². The van der Waals surface area contributed by atoms with Crippen LogP contribution in [0.15, 0.2) is 36.5 Å². The van der Waals surface area contributed by atoms with E-state index >= 15 is 0 Å². The number of ether oxygens (including phenoxy) is 1. The van der Waals surface area contributed by atoms with Gasteiger partial charge in [0.25, 0.3) is 11.8 Å². The van der Waals surface area contributed by atoms with Gasteiger partial charge in [-0.2, -0.15) is 0 Å². The zero-order valence-corrected chi connectivity index (χ0v) is 15.2. The van der Waals surface area contributed by atoms with Gasteiger partial charge in [0.15, 0.2) is 12.4 Å². The highest BCUT2D eigenvalue weighted by atomic mass is 35.5. The van der Waals surface area contributed by atoms with Gasteiger partial charge in [-0.05, 0) is 25.1 Å². The number of carbonyl (C=O) groups is 3. The van der Waals surface area contributed by atoms with Crippen molar-refractivity contribution in [1.82, 2.24) is 10.3 Å². The lowest BCUT2D eigenvalue weighted by Gasteiger charge is -2.08. The van der Waals surface area contributed by atoms with Gasteiger partial charge in [-0.1, -0.05) is 40.9 Å². The third kappa shape index (κ3) is 6.02. The van der Waals surface area contributed by atoms with Crippen LogP contribution in [0.1, 0.15) is 15.9 Å². The van der Waals surface area contributed by atoms with Crippen LogP contribution in [0.25, 0.3) is 0 Å². The Morgan fingerprint density at radius 3 is 2.50 bits per heavy atom. The molecule has 0 fully saturated rings. The molecule has 0 spiro atoms. The summed E-state index contributed by atoms with van der Waals surface area (Å²) in [7, 11) is 0. The maximum absolute atomic E-state index is 11.9. The van der Waals surface area contributed by atoms with E-state index in [-0.39, 0.29) is 17.4 Å². The molecule has 2 aromatic rings.